The van der Waals surface area contributed by atoms with Gasteiger partial charge in [-0.3, -0.25) is 4.79 Å². The van der Waals surface area contributed by atoms with Gasteiger partial charge in [-0.05, 0) is 14.0 Å². The SMILES string of the molecule is C=C(C)C(NC)C(N)=O. The van der Waals surface area contributed by atoms with Crippen molar-refractivity contribution in [3.05, 3.63) is 12.2 Å². The molecule has 0 fully saturated rings. The van der Waals surface area contributed by atoms with Gasteiger partial charge in [-0.1, -0.05) is 12.2 Å². The molecular formula is C6H12N2O. The van der Waals surface area contributed by atoms with Crippen LogP contribution in [0.3, 0.4) is 0 Å². The van der Waals surface area contributed by atoms with Crippen molar-refractivity contribution in [3.8, 4) is 0 Å². The van der Waals surface area contributed by atoms with Crippen LogP contribution in [0.25, 0.3) is 0 Å². The molecule has 0 aliphatic heterocycles. The predicted molar refractivity (Wildman–Crippen MR) is 36.9 cm³/mol. The second-order valence-corrected chi connectivity index (χ2v) is 1.97. The lowest BCUT2D eigenvalue weighted by molar-refractivity contribution is -0.119. The second-order valence-electron chi connectivity index (χ2n) is 1.97. The summed E-state index contributed by atoms with van der Waals surface area (Å²) < 4.78 is 0. The van der Waals surface area contributed by atoms with E-state index in [4.69, 9.17) is 5.73 Å². The molecule has 3 N–H and O–H groups in total. The standard InChI is InChI=1S/C6H12N2O/c1-4(2)5(8-3)6(7)9/h5,8H,1H2,2-3H3,(H2,7,9). The van der Waals surface area contributed by atoms with Crippen molar-refractivity contribution in [2.75, 3.05) is 7.05 Å². The number of amides is 1. The Kier molecular flexibility index (Phi) is 2.95. The molecule has 0 heterocycles. The Morgan fingerprint density at radius 2 is 2.22 bits per heavy atom. The van der Waals surface area contributed by atoms with Crippen molar-refractivity contribution in [1.29, 1.82) is 0 Å². The maximum absolute atomic E-state index is 10.5. The third-order valence-electron chi connectivity index (χ3n) is 1.07. The number of likely N-dealkylation sites (N-methyl/N-ethyl adjacent to an activating group) is 1. The van der Waals surface area contributed by atoms with Gasteiger partial charge in [-0.15, -0.1) is 0 Å². The average molecular weight is 128 g/mol. The Hall–Kier alpha value is -0.830. The highest BCUT2D eigenvalue weighted by molar-refractivity contribution is 5.82. The minimum atomic E-state index is -0.384. The average Bonchev–Trinajstić information content (AvgIpc) is 1.64. The summed E-state index contributed by atoms with van der Waals surface area (Å²) in [6.45, 7) is 5.34. The highest BCUT2D eigenvalue weighted by atomic mass is 16.1. The minimum absolute atomic E-state index is 0.384. The molecule has 0 aliphatic rings. The topological polar surface area (TPSA) is 55.1 Å². The van der Waals surface area contributed by atoms with Gasteiger partial charge in [0.05, 0.1) is 0 Å². The van der Waals surface area contributed by atoms with Crippen LogP contribution in [0, 0.1) is 0 Å². The molecular weight excluding hydrogens is 116 g/mol. The number of hydrogen-bond acceptors (Lipinski definition) is 2. The molecule has 0 aromatic heterocycles. The molecule has 0 saturated carbocycles. The van der Waals surface area contributed by atoms with E-state index >= 15 is 0 Å². The molecule has 0 aromatic carbocycles. The first-order chi connectivity index (χ1) is 4.09. The summed E-state index contributed by atoms with van der Waals surface area (Å²) in [5.41, 5.74) is 5.73. The zero-order valence-electron chi connectivity index (χ0n) is 5.77. The van der Waals surface area contributed by atoms with Gasteiger partial charge >= 0.3 is 0 Å². The van der Waals surface area contributed by atoms with Crippen molar-refractivity contribution in [2.24, 2.45) is 5.73 Å². The number of carbonyl (C=O) groups is 1. The lowest BCUT2D eigenvalue weighted by Crippen LogP contribution is -2.39. The Morgan fingerprint density at radius 3 is 2.22 bits per heavy atom. The highest BCUT2D eigenvalue weighted by Gasteiger charge is 2.11. The molecule has 0 saturated heterocycles. The highest BCUT2D eigenvalue weighted by Crippen LogP contribution is 1.94. The summed E-state index contributed by atoms with van der Waals surface area (Å²) in [5.74, 6) is -0.384. The van der Waals surface area contributed by atoms with Crippen LogP contribution in [0.15, 0.2) is 12.2 Å². The summed E-state index contributed by atoms with van der Waals surface area (Å²) in [6, 6.07) is -0.384. The minimum Gasteiger partial charge on any atom is -0.368 e. The van der Waals surface area contributed by atoms with Crippen molar-refractivity contribution in [2.45, 2.75) is 13.0 Å². The van der Waals surface area contributed by atoms with Crippen LogP contribution in [-0.2, 0) is 4.79 Å². The molecule has 3 nitrogen and oxygen atoms in total. The predicted octanol–water partition coefficient (Wildman–Crippen LogP) is -0.364. The molecule has 0 radical (unpaired) electrons. The molecule has 1 unspecified atom stereocenters. The summed E-state index contributed by atoms with van der Waals surface area (Å²) >= 11 is 0. The molecule has 9 heavy (non-hydrogen) atoms. The molecule has 3 heteroatoms. The monoisotopic (exact) mass is 128 g/mol. The maximum atomic E-state index is 10.5. The van der Waals surface area contributed by atoms with Gasteiger partial charge in [0.25, 0.3) is 0 Å². The maximum Gasteiger partial charge on any atom is 0.238 e. The van der Waals surface area contributed by atoms with E-state index in [1.54, 1.807) is 14.0 Å². The molecule has 1 atom stereocenters. The van der Waals surface area contributed by atoms with Gasteiger partial charge in [-0.2, -0.15) is 0 Å². The number of nitrogens with two attached hydrogens (primary N) is 1. The number of primary amides is 1. The van der Waals surface area contributed by atoms with Gasteiger partial charge in [0.1, 0.15) is 6.04 Å². The van der Waals surface area contributed by atoms with Gasteiger partial charge < -0.3 is 11.1 Å². The summed E-state index contributed by atoms with van der Waals surface area (Å²) in [4.78, 5) is 10.5. The lowest BCUT2D eigenvalue weighted by atomic mass is 10.1. The first-order valence-corrected chi connectivity index (χ1v) is 2.71. The van der Waals surface area contributed by atoms with Gasteiger partial charge in [0.2, 0.25) is 5.91 Å². The van der Waals surface area contributed by atoms with Crippen molar-refractivity contribution in [1.82, 2.24) is 5.32 Å². The Labute approximate surface area is 54.9 Å². The quantitative estimate of drug-likeness (QED) is 0.510. The fraction of sp³-hybridized carbons (Fsp3) is 0.500. The van der Waals surface area contributed by atoms with E-state index in [0.717, 1.165) is 5.57 Å². The van der Waals surface area contributed by atoms with E-state index in [9.17, 15) is 4.79 Å². The fourth-order valence-electron chi connectivity index (χ4n) is 0.632. The molecule has 0 aromatic rings. The van der Waals surface area contributed by atoms with Crippen LogP contribution in [-0.4, -0.2) is 19.0 Å². The van der Waals surface area contributed by atoms with Gasteiger partial charge in [-0.25, -0.2) is 0 Å². The third-order valence-corrected chi connectivity index (χ3v) is 1.07. The van der Waals surface area contributed by atoms with Crippen LogP contribution in [0.1, 0.15) is 6.92 Å². The normalized spacial score (nSPS) is 12.7. The Bertz CT molecular complexity index is 117. The Morgan fingerprint density at radius 1 is 1.78 bits per heavy atom. The van der Waals surface area contributed by atoms with E-state index in [-0.39, 0.29) is 11.9 Å². The van der Waals surface area contributed by atoms with Crippen molar-refractivity contribution >= 4 is 5.91 Å². The summed E-state index contributed by atoms with van der Waals surface area (Å²) in [7, 11) is 1.67. The first kappa shape index (κ1) is 8.17. The van der Waals surface area contributed by atoms with Gasteiger partial charge in [0, 0.05) is 0 Å². The van der Waals surface area contributed by atoms with Crippen molar-refractivity contribution < 1.29 is 4.79 Å². The van der Waals surface area contributed by atoms with Crippen LogP contribution >= 0.6 is 0 Å². The third kappa shape index (κ3) is 2.28. The summed E-state index contributed by atoms with van der Waals surface area (Å²) in [5, 5.41) is 2.73. The zero-order chi connectivity index (χ0) is 7.44. The number of carbonyl (C=O) groups excluding carboxylic acids is 1. The molecule has 1 amide bonds. The van der Waals surface area contributed by atoms with Crippen LogP contribution < -0.4 is 11.1 Å². The van der Waals surface area contributed by atoms with E-state index in [1.807, 2.05) is 0 Å². The first-order valence-electron chi connectivity index (χ1n) is 2.71. The van der Waals surface area contributed by atoms with Crippen LogP contribution in [0.4, 0.5) is 0 Å². The Balaban J connectivity index is 3.99. The summed E-state index contributed by atoms with van der Waals surface area (Å²) in [6.07, 6.45) is 0. The van der Waals surface area contributed by atoms with E-state index in [0.29, 0.717) is 0 Å². The second kappa shape index (κ2) is 3.25. The smallest absolute Gasteiger partial charge is 0.238 e. The molecule has 0 spiro atoms. The van der Waals surface area contributed by atoms with E-state index in [1.165, 1.54) is 0 Å². The van der Waals surface area contributed by atoms with E-state index < -0.39 is 0 Å². The lowest BCUT2D eigenvalue weighted by Gasteiger charge is -2.10. The molecule has 0 aliphatic carbocycles. The number of hydrogen-bond donors (Lipinski definition) is 2. The van der Waals surface area contributed by atoms with Crippen LogP contribution in [0.5, 0.6) is 0 Å². The molecule has 52 valence electrons. The van der Waals surface area contributed by atoms with Crippen molar-refractivity contribution in [3.63, 3.8) is 0 Å². The zero-order valence-corrected chi connectivity index (χ0v) is 5.77. The van der Waals surface area contributed by atoms with Crippen LogP contribution in [0.2, 0.25) is 0 Å². The number of nitrogens with one attached hydrogen (secondary N) is 1. The molecule has 0 bridgehead atoms. The largest absolute Gasteiger partial charge is 0.368 e. The fourth-order valence-corrected chi connectivity index (χ4v) is 0.632. The van der Waals surface area contributed by atoms with E-state index in [2.05, 4.69) is 11.9 Å². The van der Waals surface area contributed by atoms with Gasteiger partial charge in [0.15, 0.2) is 0 Å². The number of rotatable bonds is 3. The molecule has 0 rings (SSSR count).